The summed E-state index contributed by atoms with van der Waals surface area (Å²) >= 11 is 0. The average Bonchev–Trinajstić information content (AvgIpc) is 3.40. The van der Waals surface area contributed by atoms with Crippen molar-refractivity contribution in [3.05, 3.63) is 35.5 Å². The third-order valence-corrected chi connectivity index (χ3v) is 5.41. The predicted octanol–water partition coefficient (Wildman–Crippen LogP) is 3.74. The van der Waals surface area contributed by atoms with Crippen LogP contribution in [0.2, 0.25) is 0 Å². The van der Waals surface area contributed by atoms with Gasteiger partial charge in [-0.1, -0.05) is 6.07 Å². The van der Waals surface area contributed by atoms with Gasteiger partial charge in [0.2, 0.25) is 5.95 Å². The second-order valence-electron chi connectivity index (χ2n) is 7.77. The Balaban J connectivity index is 1.40. The molecule has 27 heavy (non-hydrogen) atoms. The van der Waals surface area contributed by atoms with Crippen LogP contribution in [0.1, 0.15) is 30.5 Å². The number of nitrogens with one attached hydrogen (secondary N) is 2. The highest BCUT2D eigenvalue weighted by molar-refractivity contribution is 5.59. The predicted molar refractivity (Wildman–Crippen MR) is 109 cm³/mol. The van der Waals surface area contributed by atoms with E-state index in [0.29, 0.717) is 11.9 Å². The molecule has 2 N–H and O–H groups in total. The molecule has 1 aromatic heterocycles. The van der Waals surface area contributed by atoms with Crippen LogP contribution in [-0.2, 0) is 0 Å². The van der Waals surface area contributed by atoms with Gasteiger partial charge in [0.1, 0.15) is 11.6 Å². The molecule has 0 amide bonds. The van der Waals surface area contributed by atoms with Gasteiger partial charge in [0.25, 0.3) is 0 Å². The van der Waals surface area contributed by atoms with Crippen molar-refractivity contribution in [1.29, 1.82) is 0 Å². The summed E-state index contributed by atoms with van der Waals surface area (Å²) < 4.78 is 6.20. The van der Waals surface area contributed by atoms with Crippen LogP contribution in [0.25, 0.3) is 0 Å². The molecule has 1 saturated heterocycles. The molecule has 6 heteroatoms. The Kier molecular flexibility index (Phi) is 5.16. The lowest BCUT2D eigenvalue weighted by Gasteiger charge is -2.17. The average molecular weight is 367 g/mol. The van der Waals surface area contributed by atoms with Crippen LogP contribution < -0.4 is 15.4 Å². The maximum Gasteiger partial charge on any atom is 0.229 e. The lowest BCUT2D eigenvalue weighted by atomic mass is 10.1. The van der Waals surface area contributed by atoms with Crippen molar-refractivity contribution in [3.8, 4) is 5.75 Å². The molecule has 6 nitrogen and oxygen atoms in total. The van der Waals surface area contributed by atoms with Gasteiger partial charge in [-0.15, -0.1) is 0 Å². The van der Waals surface area contributed by atoms with Crippen LogP contribution in [0, 0.1) is 19.8 Å². The van der Waals surface area contributed by atoms with Crippen molar-refractivity contribution in [1.82, 2.24) is 14.9 Å². The highest BCUT2D eigenvalue weighted by Gasteiger charge is 2.34. The zero-order valence-electron chi connectivity index (χ0n) is 16.5. The molecule has 1 saturated carbocycles. The van der Waals surface area contributed by atoms with E-state index in [1.165, 1.54) is 32.4 Å². The van der Waals surface area contributed by atoms with Gasteiger partial charge in [-0.25, -0.2) is 4.98 Å². The van der Waals surface area contributed by atoms with Gasteiger partial charge in [-0.2, -0.15) is 4.98 Å². The molecule has 0 unspecified atom stereocenters. The van der Waals surface area contributed by atoms with Crippen molar-refractivity contribution in [2.75, 3.05) is 37.4 Å². The first-order valence-electron chi connectivity index (χ1n) is 9.88. The minimum atomic E-state index is 0.588. The first-order valence-corrected chi connectivity index (χ1v) is 9.88. The number of nitrogens with zero attached hydrogens (tertiary/aromatic N) is 3. The smallest absolute Gasteiger partial charge is 0.229 e. The molecule has 1 aliphatic carbocycles. The first kappa shape index (κ1) is 18.0. The molecule has 2 aromatic rings. The van der Waals surface area contributed by atoms with E-state index >= 15 is 0 Å². The quantitative estimate of drug-likeness (QED) is 0.777. The number of hydrogen-bond donors (Lipinski definition) is 2. The summed E-state index contributed by atoms with van der Waals surface area (Å²) in [5, 5.41) is 6.36. The molecule has 0 radical (unpaired) electrons. The zero-order chi connectivity index (χ0) is 18.8. The molecule has 2 fully saturated rings. The highest BCUT2D eigenvalue weighted by Crippen LogP contribution is 2.32. The van der Waals surface area contributed by atoms with Crippen LogP contribution in [-0.4, -0.2) is 47.7 Å². The van der Waals surface area contributed by atoms with E-state index in [0.717, 1.165) is 41.2 Å². The number of aromatic nitrogens is 2. The van der Waals surface area contributed by atoms with Crippen molar-refractivity contribution < 1.29 is 4.74 Å². The summed E-state index contributed by atoms with van der Waals surface area (Å²) in [6.07, 6.45) is 4.02. The Hall–Kier alpha value is -2.34. The number of rotatable bonds is 7. The minimum absolute atomic E-state index is 0.588. The number of aryl methyl sites for hydroxylation is 2. The number of anilines is 3. The molecule has 1 aliphatic heterocycles. The van der Waals surface area contributed by atoms with Gasteiger partial charge in [0.05, 0.1) is 6.61 Å². The standard InChI is InChI=1S/C21H29N5O/c1-14-4-5-17(24-21-23-15(2)10-20(22-3)25-21)11-19(14)27-13-16-8-9-26(12-16)18-6-7-18/h4-5,10-11,16,18H,6-9,12-13H2,1-3H3,(H2,22,23,24,25)/t16-/m0/s1. The third-order valence-electron chi connectivity index (χ3n) is 5.41. The van der Waals surface area contributed by atoms with Crippen LogP contribution >= 0.6 is 0 Å². The van der Waals surface area contributed by atoms with Crippen LogP contribution in [0.3, 0.4) is 0 Å². The Labute approximate surface area is 161 Å². The first-order chi connectivity index (χ1) is 13.1. The fourth-order valence-corrected chi connectivity index (χ4v) is 3.69. The maximum absolute atomic E-state index is 6.20. The van der Waals surface area contributed by atoms with Gasteiger partial charge in [0, 0.05) is 49.1 Å². The van der Waals surface area contributed by atoms with E-state index in [4.69, 9.17) is 4.74 Å². The second kappa shape index (κ2) is 7.72. The summed E-state index contributed by atoms with van der Waals surface area (Å²) in [7, 11) is 1.86. The van der Waals surface area contributed by atoms with E-state index < -0.39 is 0 Å². The van der Waals surface area contributed by atoms with E-state index in [9.17, 15) is 0 Å². The second-order valence-corrected chi connectivity index (χ2v) is 7.77. The van der Waals surface area contributed by atoms with Gasteiger partial charge >= 0.3 is 0 Å². The molecule has 0 spiro atoms. The van der Waals surface area contributed by atoms with Crippen LogP contribution in [0.15, 0.2) is 24.3 Å². The molecule has 0 bridgehead atoms. The summed E-state index contributed by atoms with van der Waals surface area (Å²) in [6, 6.07) is 8.95. The molecule has 1 aromatic carbocycles. The molecular weight excluding hydrogens is 338 g/mol. The third kappa shape index (κ3) is 4.50. The number of benzene rings is 1. The summed E-state index contributed by atoms with van der Waals surface area (Å²) in [6.45, 7) is 7.26. The van der Waals surface area contributed by atoms with E-state index in [-0.39, 0.29) is 0 Å². The summed E-state index contributed by atoms with van der Waals surface area (Å²) in [5.41, 5.74) is 3.01. The monoisotopic (exact) mass is 367 g/mol. The SMILES string of the molecule is CNc1cc(C)nc(Nc2ccc(C)c(OC[C@H]3CCN(C4CC4)C3)c2)n1. The highest BCUT2D eigenvalue weighted by atomic mass is 16.5. The zero-order valence-corrected chi connectivity index (χ0v) is 16.5. The largest absolute Gasteiger partial charge is 0.493 e. The van der Waals surface area contributed by atoms with E-state index in [2.05, 4.69) is 38.5 Å². The normalized spacial score (nSPS) is 19.9. The van der Waals surface area contributed by atoms with Gasteiger partial charge in [-0.3, -0.25) is 4.90 Å². The molecular formula is C21H29N5O. The van der Waals surface area contributed by atoms with Gasteiger partial charge < -0.3 is 15.4 Å². The Morgan fingerprint density at radius 3 is 2.78 bits per heavy atom. The molecule has 2 aliphatic rings. The van der Waals surface area contributed by atoms with Crippen LogP contribution in [0.5, 0.6) is 5.75 Å². The Bertz CT molecular complexity index is 805. The van der Waals surface area contributed by atoms with Crippen molar-refractivity contribution in [3.63, 3.8) is 0 Å². The lowest BCUT2D eigenvalue weighted by Crippen LogP contribution is -2.24. The Morgan fingerprint density at radius 1 is 1.15 bits per heavy atom. The molecule has 4 rings (SSSR count). The topological polar surface area (TPSA) is 62.3 Å². The van der Waals surface area contributed by atoms with Gasteiger partial charge in [0.15, 0.2) is 0 Å². The van der Waals surface area contributed by atoms with Crippen molar-refractivity contribution in [2.24, 2.45) is 5.92 Å². The van der Waals surface area contributed by atoms with E-state index in [1.807, 2.05) is 32.2 Å². The van der Waals surface area contributed by atoms with Crippen LogP contribution in [0.4, 0.5) is 17.5 Å². The minimum Gasteiger partial charge on any atom is -0.493 e. The van der Waals surface area contributed by atoms with E-state index in [1.54, 1.807) is 0 Å². The van der Waals surface area contributed by atoms with Gasteiger partial charge in [-0.05, 0) is 51.3 Å². The molecule has 144 valence electrons. The lowest BCUT2D eigenvalue weighted by molar-refractivity contribution is 0.237. The fourth-order valence-electron chi connectivity index (χ4n) is 3.69. The fraction of sp³-hybridized carbons (Fsp3) is 0.524. The number of likely N-dealkylation sites (tertiary alicyclic amines) is 1. The summed E-state index contributed by atoms with van der Waals surface area (Å²) in [5.74, 6) is 2.96. The molecule has 1 atom stereocenters. The Morgan fingerprint density at radius 2 is 2.00 bits per heavy atom. The van der Waals surface area contributed by atoms with Crippen molar-refractivity contribution >= 4 is 17.5 Å². The maximum atomic E-state index is 6.20. The summed E-state index contributed by atoms with van der Waals surface area (Å²) in [4.78, 5) is 11.6. The van der Waals surface area contributed by atoms with Crippen molar-refractivity contribution in [2.45, 2.75) is 39.2 Å². The molecule has 2 heterocycles. The number of ether oxygens (including phenoxy) is 1. The number of hydrogen-bond acceptors (Lipinski definition) is 6.